The lowest BCUT2D eigenvalue weighted by atomic mass is 10.1. The van der Waals surface area contributed by atoms with Gasteiger partial charge in [0, 0.05) is 35.6 Å². The number of nitrogens with zero attached hydrogens (tertiary/aromatic N) is 3. The van der Waals surface area contributed by atoms with E-state index in [0.717, 1.165) is 22.0 Å². The maximum atomic E-state index is 14.8. The number of benzene rings is 3. The molecule has 3 aromatic carbocycles. The second-order valence-corrected chi connectivity index (χ2v) is 6.92. The van der Waals surface area contributed by atoms with Crippen LogP contribution in [0.5, 0.6) is 0 Å². The van der Waals surface area contributed by atoms with Gasteiger partial charge < -0.3 is 14.2 Å². The Kier molecular flexibility index (Phi) is 3.37. The Morgan fingerprint density at radius 1 is 1.04 bits per heavy atom. The van der Waals surface area contributed by atoms with E-state index < -0.39 is 17.2 Å². The van der Waals surface area contributed by atoms with E-state index in [9.17, 15) is 8.78 Å². The minimum atomic E-state index is -0.865. The molecule has 4 nitrogen and oxygen atoms in total. The number of anilines is 3. The fourth-order valence-electron chi connectivity index (χ4n) is 4.00. The van der Waals surface area contributed by atoms with E-state index in [-0.39, 0.29) is 11.9 Å². The first kappa shape index (κ1) is 16.6. The van der Waals surface area contributed by atoms with Crippen molar-refractivity contribution in [1.29, 1.82) is 5.26 Å². The second-order valence-electron chi connectivity index (χ2n) is 6.92. The van der Waals surface area contributed by atoms with Gasteiger partial charge in [-0.25, -0.2) is 8.78 Å². The smallest absolute Gasteiger partial charge is 0.169 e. The fraction of sp³-hybridized carbons (Fsp3) is 0.136. The molecule has 2 heterocycles. The van der Waals surface area contributed by atoms with Crippen LogP contribution < -0.4 is 9.80 Å². The third-order valence-corrected chi connectivity index (χ3v) is 5.47. The van der Waals surface area contributed by atoms with Gasteiger partial charge in [0.2, 0.25) is 0 Å². The standard InChI is InChI=1S/C22H15F2N3O/c1-12-26(2)22-18(10-17(23)16(11-25)21(22)24)27(12)13-7-8-15-14-5-3-4-6-19(14)28-20(15)9-13/h3-10,12H,1-2H3/t12-/m0/s1. The summed E-state index contributed by atoms with van der Waals surface area (Å²) < 4.78 is 35.1. The van der Waals surface area contributed by atoms with Crippen LogP contribution in [0, 0.1) is 23.0 Å². The summed E-state index contributed by atoms with van der Waals surface area (Å²) in [6.45, 7) is 1.90. The molecule has 0 spiro atoms. The normalized spacial score (nSPS) is 16.0. The molecule has 0 saturated carbocycles. The third kappa shape index (κ3) is 2.07. The summed E-state index contributed by atoms with van der Waals surface area (Å²) in [6.07, 6.45) is -0.264. The number of para-hydroxylation sites is 1. The van der Waals surface area contributed by atoms with Crippen LogP contribution in [0.25, 0.3) is 21.9 Å². The van der Waals surface area contributed by atoms with Gasteiger partial charge in [0.25, 0.3) is 0 Å². The first-order chi connectivity index (χ1) is 13.5. The molecule has 0 aliphatic carbocycles. The molecule has 0 unspecified atom stereocenters. The summed E-state index contributed by atoms with van der Waals surface area (Å²) in [6, 6.07) is 16.4. The van der Waals surface area contributed by atoms with E-state index in [2.05, 4.69) is 0 Å². The SMILES string of the molecule is C[C@H]1N(C)c2c(cc(F)c(C#N)c2F)N1c1ccc2c(c1)oc1ccccc12. The highest BCUT2D eigenvalue weighted by atomic mass is 19.1. The van der Waals surface area contributed by atoms with Crippen LogP contribution in [0.15, 0.2) is 52.9 Å². The van der Waals surface area contributed by atoms with Gasteiger partial charge in [-0.05, 0) is 25.1 Å². The average Bonchev–Trinajstić information content (AvgIpc) is 3.17. The summed E-state index contributed by atoms with van der Waals surface area (Å²) in [5, 5.41) is 11.1. The summed E-state index contributed by atoms with van der Waals surface area (Å²) in [4.78, 5) is 3.54. The van der Waals surface area contributed by atoms with E-state index >= 15 is 0 Å². The first-order valence-corrected chi connectivity index (χ1v) is 8.86. The highest BCUT2D eigenvalue weighted by molar-refractivity contribution is 6.06. The summed E-state index contributed by atoms with van der Waals surface area (Å²) >= 11 is 0. The number of hydrogen-bond donors (Lipinski definition) is 0. The van der Waals surface area contributed by atoms with Crippen molar-refractivity contribution in [3.63, 3.8) is 0 Å². The lowest BCUT2D eigenvalue weighted by molar-refractivity contribution is 0.577. The molecule has 1 atom stereocenters. The van der Waals surface area contributed by atoms with Crippen molar-refractivity contribution in [2.24, 2.45) is 0 Å². The molecule has 1 aliphatic rings. The molecule has 0 bridgehead atoms. The third-order valence-electron chi connectivity index (χ3n) is 5.47. The number of halogens is 2. The number of rotatable bonds is 1. The molecule has 5 rings (SSSR count). The van der Waals surface area contributed by atoms with E-state index in [4.69, 9.17) is 9.68 Å². The van der Waals surface area contributed by atoms with Crippen LogP contribution in [0.2, 0.25) is 0 Å². The Morgan fingerprint density at radius 3 is 2.57 bits per heavy atom. The highest BCUT2D eigenvalue weighted by Gasteiger charge is 2.36. The van der Waals surface area contributed by atoms with Crippen LogP contribution in [0.3, 0.4) is 0 Å². The van der Waals surface area contributed by atoms with Gasteiger partial charge in [0.05, 0.1) is 5.69 Å². The highest BCUT2D eigenvalue weighted by Crippen LogP contribution is 2.47. The van der Waals surface area contributed by atoms with E-state index in [1.54, 1.807) is 18.0 Å². The van der Waals surface area contributed by atoms with Crippen molar-refractivity contribution in [2.75, 3.05) is 16.8 Å². The maximum absolute atomic E-state index is 14.8. The van der Waals surface area contributed by atoms with E-state index in [1.165, 1.54) is 6.07 Å². The number of nitriles is 1. The quantitative estimate of drug-likeness (QED) is 0.430. The van der Waals surface area contributed by atoms with Gasteiger partial charge in [-0.15, -0.1) is 0 Å². The minimum absolute atomic E-state index is 0.218. The van der Waals surface area contributed by atoms with Crippen molar-refractivity contribution in [1.82, 2.24) is 0 Å². The molecule has 0 radical (unpaired) electrons. The lowest BCUT2D eigenvalue weighted by Crippen LogP contribution is -2.35. The van der Waals surface area contributed by atoms with Gasteiger partial charge in [-0.2, -0.15) is 5.26 Å². The summed E-state index contributed by atoms with van der Waals surface area (Å²) in [7, 11) is 1.73. The predicted molar refractivity (Wildman–Crippen MR) is 105 cm³/mol. The fourth-order valence-corrected chi connectivity index (χ4v) is 4.00. The zero-order valence-corrected chi connectivity index (χ0v) is 15.2. The van der Waals surface area contributed by atoms with Crippen LogP contribution in [-0.4, -0.2) is 13.2 Å². The molecule has 0 saturated heterocycles. The van der Waals surface area contributed by atoms with Crippen molar-refractivity contribution in [3.8, 4) is 6.07 Å². The Morgan fingerprint density at radius 2 is 1.79 bits per heavy atom. The molecule has 0 amide bonds. The van der Waals surface area contributed by atoms with Gasteiger partial charge in [0.1, 0.15) is 40.5 Å². The van der Waals surface area contributed by atoms with Crippen molar-refractivity contribution in [2.45, 2.75) is 13.1 Å². The minimum Gasteiger partial charge on any atom is -0.456 e. The number of hydrogen-bond acceptors (Lipinski definition) is 4. The molecule has 138 valence electrons. The van der Waals surface area contributed by atoms with Crippen molar-refractivity contribution < 1.29 is 13.2 Å². The number of fused-ring (bicyclic) bond motifs is 4. The molecular formula is C22H15F2N3O. The van der Waals surface area contributed by atoms with Gasteiger partial charge in [0.15, 0.2) is 5.82 Å². The molecule has 28 heavy (non-hydrogen) atoms. The maximum Gasteiger partial charge on any atom is 0.169 e. The molecule has 6 heteroatoms. The number of furan rings is 1. The summed E-state index contributed by atoms with van der Waals surface area (Å²) in [5.41, 5.74) is 2.30. The molecule has 0 N–H and O–H groups in total. The van der Waals surface area contributed by atoms with Gasteiger partial charge in [-0.1, -0.05) is 18.2 Å². The Bertz CT molecular complexity index is 1300. The summed E-state index contributed by atoms with van der Waals surface area (Å²) in [5.74, 6) is -1.70. The van der Waals surface area contributed by atoms with Gasteiger partial charge >= 0.3 is 0 Å². The Labute approximate surface area is 159 Å². The largest absolute Gasteiger partial charge is 0.456 e. The molecular weight excluding hydrogens is 360 g/mol. The predicted octanol–water partition coefficient (Wildman–Crippen LogP) is 5.67. The molecule has 1 aromatic heterocycles. The van der Waals surface area contributed by atoms with Crippen LogP contribution in [-0.2, 0) is 0 Å². The van der Waals surface area contributed by atoms with Crippen LogP contribution in [0.4, 0.5) is 25.8 Å². The van der Waals surface area contributed by atoms with Crippen LogP contribution >= 0.6 is 0 Å². The zero-order chi connectivity index (χ0) is 19.6. The lowest BCUT2D eigenvalue weighted by Gasteiger charge is -2.27. The topological polar surface area (TPSA) is 43.4 Å². The molecule has 4 aromatic rings. The second kappa shape index (κ2) is 5.70. The Hall–Kier alpha value is -3.59. The Balaban J connectivity index is 1.72. The average molecular weight is 375 g/mol. The van der Waals surface area contributed by atoms with Crippen molar-refractivity contribution in [3.05, 3.63) is 65.7 Å². The first-order valence-electron chi connectivity index (χ1n) is 8.86. The molecule has 0 fully saturated rings. The van der Waals surface area contributed by atoms with Crippen molar-refractivity contribution >= 4 is 39.0 Å². The van der Waals surface area contributed by atoms with Crippen LogP contribution in [0.1, 0.15) is 12.5 Å². The van der Waals surface area contributed by atoms with E-state index in [0.29, 0.717) is 11.3 Å². The van der Waals surface area contributed by atoms with Gasteiger partial charge in [-0.3, -0.25) is 0 Å². The molecule has 1 aliphatic heterocycles. The van der Waals surface area contributed by atoms with E-state index in [1.807, 2.05) is 54.3 Å². The monoisotopic (exact) mass is 375 g/mol. The zero-order valence-electron chi connectivity index (χ0n) is 15.2.